The van der Waals surface area contributed by atoms with E-state index in [9.17, 15) is 0 Å². The molecule has 0 aliphatic heterocycles. The Morgan fingerprint density at radius 1 is 1.00 bits per heavy atom. The normalized spacial score (nSPS) is 11.5. The maximum atomic E-state index is 8.65. The lowest BCUT2D eigenvalue weighted by atomic mass is 10.1. The van der Waals surface area contributed by atoms with Crippen LogP contribution in [0.15, 0.2) is 72.1 Å². The fraction of sp³-hybridized carbons (Fsp3) is 0. The van der Waals surface area contributed by atoms with Crippen LogP contribution in [0.2, 0.25) is 0 Å². The lowest BCUT2D eigenvalue weighted by Gasteiger charge is -2.03. The van der Waals surface area contributed by atoms with Gasteiger partial charge in [0.05, 0.1) is 11.9 Å². The zero-order valence-electron chi connectivity index (χ0n) is 11.2. The van der Waals surface area contributed by atoms with Crippen LogP contribution in [0.4, 0.5) is 0 Å². The van der Waals surface area contributed by atoms with Gasteiger partial charge in [0.1, 0.15) is 0 Å². The van der Waals surface area contributed by atoms with E-state index in [1.165, 1.54) is 0 Å². The van der Waals surface area contributed by atoms with Crippen LogP contribution in [0.3, 0.4) is 0 Å². The zero-order valence-corrected chi connectivity index (χ0v) is 11.2. The summed E-state index contributed by atoms with van der Waals surface area (Å²) in [6.07, 6.45) is 3.79. The fourth-order valence-electron chi connectivity index (χ4n) is 2.09. The van der Waals surface area contributed by atoms with Crippen LogP contribution >= 0.6 is 0 Å². The third kappa shape index (κ3) is 2.62. The van der Waals surface area contributed by atoms with E-state index in [4.69, 9.17) is 10.9 Å². The highest BCUT2D eigenvalue weighted by molar-refractivity contribution is 5.97. The van der Waals surface area contributed by atoms with E-state index >= 15 is 0 Å². The fourth-order valence-corrected chi connectivity index (χ4v) is 2.09. The minimum absolute atomic E-state index is 0.0898. The summed E-state index contributed by atoms with van der Waals surface area (Å²) in [7, 11) is 0. The second-order valence-electron chi connectivity index (χ2n) is 4.57. The van der Waals surface area contributed by atoms with Gasteiger partial charge in [0.25, 0.3) is 0 Å². The summed E-state index contributed by atoms with van der Waals surface area (Å²) < 4.78 is 1.79. The Morgan fingerprint density at radius 2 is 1.71 bits per heavy atom. The molecule has 5 nitrogen and oxygen atoms in total. The molecular formula is C16H14N4O. The molecule has 0 spiro atoms. The molecule has 0 saturated carbocycles. The van der Waals surface area contributed by atoms with Crippen molar-refractivity contribution in [3.05, 3.63) is 72.6 Å². The van der Waals surface area contributed by atoms with Crippen molar-refractivity contribution in [2.24, 2.45) is 10.9 Å². The third-order valence-corrected chi connectivity index (χ3v) is 3.23. The first kappa shape index (κ1) is 12.9. The second kappa shape index (κ2) is 5.50. The molecule has 0 radical (unpaired) electrons. The number of oxime groups is 1. The van der Waals surface area contributed by atoms with Crippen LogP contribution in [0, 0.1) is 0 Å². The molecule has 0 amide bonds. The van der Waals surface area contributed by atoms with Gasteiger partial charge in [0.2, 0.25) is 0 Å². The zero-order chi connectivity index (χ0) is 14.7. The van der Waals surface area contributed by atoms with Crippen LogP contribution < -0.4 is 5.73 Å². The Labute approximate surface area is 122 Å². The first-order chi connectivity index (χ1) is 10.3. The highest BCUT2D eigenvalue weighted by Crippen LogP contribution is 2.19. The average Bonchev–Trinajstić information content (AvgIpc) is 3.05. The molecule has 0 aliphatic carbocycles. The minimum atomic E-state index is 0.0898. The van der Waals surface area contributed by atoms with Crippen molar-refractivity contribution in [2.45, 2.75) is 0 Å². The van der Waals surface area contributed by atoms with E-state index in [-0.39, 0.29) is 5.84 Å². The van der Waals surface area contributed by atoms with E-state index in [1.54, 1.807) is 16.8 Å². The molecule has 1 aromatic heterocycles. The van der Waals surface area contributed by atoms with Crippen molar-refractivity contribution in [3.63, 3.8) is 0 Å². The van der Waals surface area contributed by atoms with Crippen LogP contribution in [0.5, 0.6) is 0 Å². The van der Waals surface area contributed by atoms with Gasteiger partial charge in [-0.05, 0) is 29.8 Å². The summed E-state index contributed by atoms with van der Waals surface area (Å²) in [5.41, 5.74) is 9.29. The van der Waals surface area contributed by atoms with Crippen LogP contribution in [0.1, 0.15) is 5.56 Å². The average molecular weight is 278 g/mol. The van der Waals surface area contributed by atoms with E-state index < -0.39 is 0 Å². The first-order valence-corrected chi connectivity index (χ1v) is 6.46. The lowest BCUT2D eigenvalue weighted by Crippen LogP contribution is -2.12. The standard InChI is InChI=1S/C16H14N4O/c17-16(19-21)13-6-8-15(9-7-13)20-11-14(10-18-20)12-4-2-1-3-5-12/h1-11,21H,(H2,17,19). The van der Waals surface area contributed by atoms with Crippen molar-refractivity contribution < 1.29 is 5.21 Å². The molecule has 3 N–H and O–H groups in total. The quantitative estimate of drug-likeness (QED) is 0.334. The van der Waals surface area contributed by atoms with Crippen LogP contribution in [0.25, 0.3) is 16.8 Å². The summed E-state index contributed by atoms with van der Waals surface area (Å²) >= 11 is 0. The monoisotopic (exact) mass is 278 g/mol. The van der Waals surface area contributed by atoms with E-state index in [1.807, 2.05) is 54.9 Å². The highest BCUT2D eigenvalue weighted by Gasteiger charge is 2.04. The van der Waals surface area contributed by atoms with Gasteiger partial charge >= 0.3 is 0 Å². The predicted molar refractivity (Wildman–Crippen MR) is 81.5 cm³/mol. The van der Waals surface area contributed by atoms with Crippen molar-refractivity contribution in [1.29, 1.82) is 0 Å². The Bertz CT molecular complexity index is 760. The van der Waals surface area contributed by atoms with Gasteiger partial charge in [-0.2, -0.15) is 5.10 Å². The Morgan fingerprint density at radius 3 is 2.38 bits per heavy atom. The molecular weight excluding hydrogens is 264 g/mol. The molecule has 0 aliphatic rings. The summed E-state index contributed by atoms with van der Waals surface area (Å²) in [4.78, 5) is 0. The minimum Gasteiger partial charge on any atom is -0.409 e. The van der Waals surface area contributed by atoms with Crippen molar-refractivity contribution in [3.8, 4) is 16.8 Å². The molecule has 0 atom stereocenters. The molecule has 5 heteroatoms. The van der Waals surface area contributed by atoms with Gasteiger partial charge in [-0.3, -0.25) is 0 Å². The van der Waals surface area contributed by atoms with Crippen molar-refractivity contribution in [1.82, 2.24) is 9.78 Å². The van der Waals surface area contributed by atoms with Gasteiger partial charge in [0.15, 0.2) is 5.84 Å². The summed E-state index contributed by atoms with van der Waals surface area (Å²) in [6.45, 7) is 0. The first-order valence-electron chi connectivity index (χ1n) is 6.46. The molecule has 0 bridgehead atoms. The lowest BCUT2D eigenvalue weighted by molar-refractivity contribution is 0.318. The molecule has 21 heavy (non-hydrogen) atoms. The van der Waals surface area contributed by atoms with E-state index in [0.717, 1.165) is 16.8 Å². The van der Waals surface area contributed by atoms with Gasteiger partial charge in [-0.25, -0.2) is 4.68 Å². The third-order valence-electron chi connectivity index (χ3n) is 3.23. The smallest absolute Gasteiger partial charge is 0.170 e. The number of rotatable bonds is 3. The molecule has 1 heterocycles. The van der Waals surface area contributed by atoms with Crippen molar-refractivity contribution >= 4 is 5.84 Å². The largest absolute Gasteiger partial charge is 0.409 e. The summed E-state index contributed by atoms with van der Waals surface area (Å²) in [5.74, 6) is 0.0898. The van der Waals surface area contributed by atoms with E-state index in [2.05, 4.69) is 10.3 Å². The Balaban J connectivity index is 1.90. The topological polar surface area (TPSA) is 76.4 Å². The van der Waals surface area contributed by atoms with Crippen LogP contribution in [-0.2, 0) is 0 Å². The number of amidine groups is 1. The van der Waals surface area contributed by atoms with Gasteiger partial charge < -0.3 is 10.9 Å². The summed E-state index contributed by atoms with van der Waals surface area (Å²) in [5, 5.41) is 16.0. The number of hydrogen-bond donors (Lipinski definition) is 2. The number of aromatic nitrogens is 2. The second-order valence-corrected chi connectivity index (χ2v) is 4.57. The number of nitrogens with zero attached hydrogens (tertiary/aromatic N) is 3. The SMILES string of the molecule is NC(=NO)c1ccc(-n2cc(-c3ccccc3)cn2)cc1. The summed E-state index contributed by atoms with van der Waals surface area (Å²) in [6, 6.07) is 17.4. The maximum absolute atomic E-state index is 8.65. The van der Waals surface area contributed by atoms with Crippen LogP contribution in [-0.4, -0.2) is 20.8 Å². The molecule has 0 fully saturated rings. The Kier molecular flexibility index (Phi) is 3.39. The molecule has 0 saturated heterocycles. The molecule has 0 unspecified atom stereocenters. The number of benzene rings is 2. The molecule has 3 aromatic rings. The van der Waals surface area contributed by atoms with Gasteiger partial charge in [0, 0.05) is 17.3 Å². The maximum Gasteiger partial charge on any atom is 0.170 e. The highest BCUT2D eigenvalue weighted by atomic mass is 16.4. The number of hydrogen-bond acceptors (Lipinski definition) is 3. The van der Waals surface area contributed by atoms with E-state index in [0.29, 0.717) is 5.56 Å². The number of nitrogens with two attached hydrogens (primary N) is 1. The molecule has 2 aromatic carbocycles. The molecule has 3 rings (SSSR count). The van der Waals surface area contributed by atoms with Gasteiger partial charge in [-0.1, -0.05) is 35.5 Å². The van der Waals surface area contributed by atoms with Gasteiger partial charge in [-0.15, -0.1) is 0 Å². The van der Waals surface area contributed by atoms with Crippen molar-refractivity contribution in [2.75, 3.05) is 0 Å². The molecule has 104 valence electrons. The Hall–Kier alpha value is -3.08. The predicted octanol–water partition coefficient (Wildman–Crippen LogP) is 2.63.